The minimum absolute atomic E-state index is 0.0525. The Morgan fingerprint density at radius 2 is 2.26 bits per heavy atom. The lowest BCUT2D eigenvalue weighted by Gasteiger charge is -2.37. The number of hydrogen-bond donors (Lipinski definition) is 1. The molecule has 1 unspecified atom stereocenters. The highest BCUT2D eigenvalue weighted by molar-refractivity contribution is 5.76. The highest BCUT2D eigenvalue weighted by Gasteiger charge is 2.34. The molecule has 19 heavy (non-hydrogen) atoms. The van der Waals surface area contributed by atoms with Crippen LogP contribution in [0.25, 0.3) is 0 Å². The van der Waals surface area contributed by atoms with Gasteiger partial charge in [-0.15, -0.1) is 0 Å². The maximum Gasteiger partial charge on any atom is 0.339 e. The van der Waals surface area contributed by atoms with E-state index in [2.05, 4.69) is 11.7 Å². The van der Waals surface area contributed by atoms with Gasteiger partial charge in [0.1, 0.15) is 5.75 Å². The molecule has 104 valence electrons. The number of carbonyl (C=O) groups is 1. The number of carbonyl (C=O) groups excluding carboxylic acids is 1. The molecule has 1 aromatic rings. The molecule has 0 aromatic heterocycles. The zero-order valence-corrected chi connectivity index (χ0v) is 11.1. The Hall–Kier alpha value is -1.59. The van der Waals surface area contributed by atoms with E-state index in [0.29, 0.717) is 31.1 Å². The molecule has 0 radical (unpaired) electrons. The smallest absolute Gasteiger partial charge is 0.339 e. The van der Waals surface area contributed by atoms with E-state index in [1.165, 1.54) is 7.11 Å². The number of hydrogen-bond acceptors (Lipinski definition) is 5. The minimum atomic E-state index is -1.28. The Balaban J connectivity index is 2.00. The topological polar surface area (TPSA) is 65.0 Å². The van der Waals surface area contributed by atoms with Crippen molar-refractivity contribution in [3.05, 3.63) is 29.8 Å². The molecular weight excluding hydrogens is 248 g/mol. The molecule has 1 aliphatic rings. The molecule has 0 saturated carbocycles. The zero-order chi connectivity index (χ0) is 13.9. The van der Waals surface area contributed by atoms with Gasteiger partial charge in [0.15, 0.2) is 6.10 Å². The Kier molecular flexibility index (Phi) is 4.07. The summed E-state index contributed by atoms with van der Waals surface area (Å²) < 4.78 is 15.3. The van der Waals surface area contributed by atoms with E-state index in [4.69, 9.17) is 9.47 Å². The lowest BCUT2D eigenvalue weighted by Crippen LogP contribution is -2.44. The Morgan fingerprint density at radius 3 is 2.84 bits per heavy atom. The predicted octanol–water partition coefficient (Wildman–Crippen LogP) is 1.31. The summed E-state index contributed by atoms with van der Waals surface area (Å²) in [6, 6.07) is 6.82. The molecule has 0 bridgehead atoms. The lowest BCUT2D eigenvalue weighted by atomic mass is 9.90. The van der Waals surface area contributed by atoms with Crippen LogP contribution in [0, 0.1) is 5.41 Å². The SMILES string of the molecule is COC(=O)C(O)c1cccc(OCC2(C)COC2)c1. The van der Waals surface area contributed by atoms with Crippen molar-refractivity contribution in [1.82, 2.24) is 0 Å². The second kappa shape index (κ2) is 5.59. The van der Waals surface area contributed by atoms with Crippen molar-refractivity contribution in [2.75, 3.05) is 26.9 Å². The van der Waals surface area contributed by atoms with Crippen LogP contribution in [0.2, 0.25) is 0 Å². The summed E-state index contributed by atoms with van der Waals surface area (Å²) >= 11 is 0. The molecule has 1 N–H and O–H groups in total. The summed E-state index contributed by atoms with van der Waals surface area (Å²) in [5.41, 5.74) is 0.510. The van der Waals surface area contributed by atoms with E-state index in [1.54, 1.807) is 24.3 Å². The molecule has 1 aromatic carbocycles. The largest absolute Gasteiger partial charge is 0.493 e. The van der Waals surface area contributed by atoms with Gasteiger partial charge >= 0.3 is 5.97 Å². The average Bonchev–Trinajstić information content (AvgIpc) is 2.41. The zero-order valence-electron chi connectivity index (χ0n) is 11.1. The van der Waals surface area contributed by atoms with Gasteiger partial charge in [-0.25, -0.2) is 4.79 Å². The molecule has 1 aliphatic heterocycles. The summed E-state index contributed by atoms with van der Waals surface area (Å²) in [5, 5.41) is 9.75. The van der Waals surface area contributed by atoms with E-state index in [9.17, 15) is 9.90 Å². The lowest BCUT2D eigenvalue weighted by molar-refractivity contribution is -0.150. The summed E-state index contributed by atoms with van der Waals surface area (Å²) in [7, 11) is 1.24. The molecule has 0 spiro atoms. The predicted molar refractivity (Wildman–Crippen MR) is 67.8 cm³/mol. The Labute approximate surface area is 112 Å². The van der Waals surface area contributed by atoms with Crippen LogP contribution in [0.4, 0.5) is 0 Å². The fraction of sp³-hybridized carbons (Fsp3) is 0.500. The van der Waals surface area contributed by atoms with Gasteiger partial charge in [-0.3, -0.25) is 0 Å². The second-order valence-electron chi connectivity index (χ2n) is 5.09. The van der Waals surface area contributed by atoms with Crippen molar-refractivity contribution >= 4 is 5.97 Å². The van der Waals surface area contributed by atoms with Crippen LogP contribution in [0.3, 0.4) is 0 Å². The van der Waals surface area contributed by atoms with Crippen molar-refractivity contribution in [2.45, 2.75) is 13.0 Å². The number of methoxy groups -OCH3 is 1. The fourth-order valence-corrected chi connectivity index (χ4v) is 1.81. The molecule has 1 atom stereocenters. The summed E-state index contributed by atoms with van der Waals surface area (Å²) in [5.74, 6) is -0.0647. The van der Waals surface area contributed by atoms with Gasteiger partial charge < -0.3 is 19.3 Å². The number of aliphatic hydroxyl groups is 1. The standard InChI is InChI=1S/C14H18O5/c1-14(7-18-8-14)9-19-11-5-3-4-10(6-11)12(15)13(16)17-2/h3-6,12,15H,7-9H2,1-2H3. The third-order valence-corrected chi connectivity index (χ3v) is 3.09. The first kappa shape index (κ1) is 13.8. The second-order valence-corrected chi connectivity index (χ2v) is 5.09. The van der Waals surface area contributed by atoms with Crippen molar-refractivity contribution in [3.63, 3.8) is 0 Å². The average molecular weight is 266 g/mol. The van der Waals surface area contributed by atoms with Crippen LogP contribution >= 0.6 is 0 Å². The van der Waals surface area contributed by atoms with Gasteiger partial charge in [0.2, 0.25) is 0 Å². The summed E-state index contributed by atoms with van der Waals surface area (Å²) in [6.45, 7) is 4.02. The van der Waals surface area contributed by atoms with E-state index in [1.807, 2.05) is 0 Å². The van der Waals surface area contributed by atoms with Crippen molar-refractivity contribution in [1.29, 1.82) is 0 Å². The van der Waals surface area contributed by atoms with Gasteiger partial charge in [0.25, 0.3) is 0 Å². The number of benzene rings is 1. The van der Waals surface area contributed by atoms with Crippen LogP contribution in [-0.4, -0.2) is 38.0 Å². The quantitative estimate of drug-likeness (QED) is 0.814. The van der Waals surface area contributed by atoms with Crippen molar-refractivity contribution < 1.29 is 24.1 Å². The first-order chi connectivity index (χ1) is 9.04. The van der Waals surface area contributed by atoms with Crippen LogP contribution < -0.4 is 4.74 Å². The van der Waals surface area contributed by atoms with Crippen LogP contribution in [0.1, 0.15) is 18.6 Å². The third-order valence-electron chi connectivity index (χ3n) is 3.09. The van der Waals surface area contributed by atoms with E-state index >= 15 is 0 Å². The molecule has 1 saturated heterocycles. The van der Waals surface area contributed by atoms with Crippen LogP contribution in [0.5, 0.6) is 5.75 Å². The number of ether oxygens (including phenoxy) is 3. The van der Waals surface area contributed by atoms with Crippen LogP contribution in [-0.2, 0) is 14.3 Å². The molecule has 5 heteroatoms. The Morgan fingerprint density at radius 1 is 1.53 bits per heavy atom. The van der Waals surface area contributed by atoms with E-state index < -0.39 is 12.1 Å². The molecule has 0 amide bonds. The number of aliphatic hydroxyl groups excluding tert-OH is 1. The minimum Gasteiger partial charge on any atom is -0.493 e. The maximum atomic E-state index is 11.3. The van der Waals surface area contributed by atoms with Gasteiger partial charge in [0.05, 0.1) is 26.9 Å². The highest BCUT2D eigenvalue weighted by atomic mass is 16.5. The molecule has 1 fully saturated rings. The molecule has 2 rings (SSSR count). The molecule has 0 aliphatic carbocycles. The normalized spacial score (nSPS) is 18.3. The summed E-state index contributed by atoms with van der Waals surface area (Å²) in [6.07, 6.45) is -1.28. The monoisotopic (exact) mass is 266 g/mol. The first-order valence-corrected chi connectivity index (χ1v) is 6.10. The van der Waals surface area contributed by atoms with Gasteiger partial charge in [-0.05, 0) is 17.7 Å². The van der Waals surface area contributed by atoms with Gasteiger partial charge in [-0.1, -0.05) is 19.1 Å². The van der Waals surface area contributed by atoms with E-state index in [0.717, 1.165) is 0 Å². The van der Waals surface area contributed by atoms with Gasteiger partial charge in [0, 0.05) is 5.41 Å². The van der Waals surface area contributed by atoms with Gasteiger partial charge in [-0.2, -0.15) is 0 Å². The number of esters is 1. The van der Waals surface area contributed by atoms with E-state index in [-0.39, 0.29) is 5.41 Å². The molecule has 5 nitrogen and oxygen atoms in total. The molecular formula is C14H18O5. The van der Waals surface area contributed by atoms with Crippen molar-refractivity contribution in [2.24, 2.45) is 5.41 Å². The highest BCUT2D eigenvalue weighted by Crippen LogP contribution is 2.28. The molecule has 1 heterocycles. The van der Waals surface area contributed by atoms with Crippen molar-refractivity contribution in [3.8, 4) is 5.75 Å². The fourth-order valence-electron chi connectivity index (χ4n) is 1.81. The van der Waals surface area contributed by atoms with Crippen LogP contribution in [0.15, 0.2) is 24.3 Å². The first-order valence-electron chi connectivity index (χ1n) is 6.10. The maximum absolute atomic E-state index is 11.3. The third kappa shape index (κ3) is 3.24. The summed E-state index contributed by atoms with van der Waals surface area (Å²) in [4.78, 5) is 11.3. The Bertz CT molecular complexity index is 453. The number of rotatable bonds is 5.